The Hall–Kier alpha value is -3.12. The first-order chi connectivity index (χ1) is 13.4. The van der Waals surface area contributed by atoms with Gasteiger partial charge in [-0.25, -0.2) is 4.79 Å². The van der Waals surface area contributed by atoms with Crippen LogP contribution in [0.15, 0.2) is 47.3 Å². The summed E-state index contributed by atoms with van der Waals surface area (Å²) in [6, 6.07) is 12.9. The van der Waals surface area contributed by atoms with Crippen molar-refractivity contribution < 1.29 is 9.90 Å². The lowest BCUT2D eigenvalue weighted by Crippen LogP contribution is -2.38. The number of aromatic nitrogens is 1. The third-order valence-electron chi connectivity index (χ3n) is 4.69. The van der Waals surface area contributed by atoms with Crippen LogP contribution in [0.2, 0.25) is 0 Å². The van der Waals surface area contributed by atoms with Crippen LogP contribution < -0.4 is 10.9 Å². The molecule has 0 saturated carbocycles. The Balaban J connectivity index is 1.87. The van der Waals surface area contributed by atoms with E-state index in [0.717, 1.165) is 27.6 Å². The van der Waals surface area contributed by atoms with E-state index < -0.39 is 0 Å². The number of carbonyl (C=O) groups excluding carboxylic acids is 1. The minimum Gasteiger partial charge on any atom is -0.395 e. The summed E-state index contributed by atoms with van der Waals surface area (Å²) in [5, 5.41) is 13.1. The van der Waals surface area contributed by atoms with Crippen LogP contribution >= 0.6 is 0 Å². The molecule has 0 fully saturated rings. The van der Waals surface area contributed by atoms with E-state index in [4.69, 9.17) is 0 Å². The monoisotopic (exact) mass is 379 g/mol. The number of aliphatic hydroxyl groups excluding tert-OH is 1. The number of urea groups is 1. The molecule has 2 aromatic carbocycles. The molecule has 0 aliphatic carbocycles. The van der Waals surface area contributed by atoms with Crippen molar-refractivity contribution in [3.05, 3.63) is 75.1 Å². The Bertz CT molecular complexity index is 1060. The summed E-state index contributed by atoms with van der Waals surface area (Å²) in [6.45, 7) is 5.98. The molecule has 6 heteroatoms. The number of H-pyrrole nitrogens is 1. The average Bonchev–Trinajstić information content (AvgIpc) is 2.64. The highest BCUT2D eigenvalue weighted by molar-refractivity contribution is 5.89. The fourth-order valence-corrected chi connectivity index (χ4v) is 3.27. The van der Waals surface area contributed by atoms with Crippen LogP contribution in [0.3, 0.4) is 0 Å². The van der Waals surface area contributed by atoms with E-state index in [1.807, 2.05) is 63.2 Å². The van der Waals surface area contributed by atoms with Crippen molar-refractivity contribution in [3.8, 4) is 0 Å². The zero-order valence-electron chi connectivity index (χ0n) is 16.4. The predicted octanol–water partition coefficient (Wildman–Crippen LogP) is 3.48. The Kier molecular flexibility index (Phi) is 5.80. The van der Waals surface area contributed by atoms with Crippen LogP contribution in [0.25, 0.3) is 10.9 Å². The molecular formula is C22H25N3O3. The zero-order valence-corrected chi connectivity index (χ0v) is 16.4. The van der Waals surface area contributed by atoms with Crippen molar-refractivity contribution in [2.75, 3.05) is 18.5 Å². The minimum absolute atomic E-state index is 0.108. The molecule has 3 N–H and O–H groups in total. The second kappa shape index (κ2) is 8.27. The lowest BCUT2D eigenvalue weighted by molar-refractivity contribution is 0.185. The van der Waals surface area contributed by atoms with Gasteiger partial charge in [0.05, 0.1) is 18.7 Å². The highest BCUT2D eigenvalue weighted by atomic mass is 16.3. The number of carbonyl (C=O) groups is 1. The molecule has 3 aromatic rings. The Morgan fingerprint density at radius 1 is 1.07 bits per heavy atom. The number of hydrogen-bond acceptors (Lipinski definition) is 3. The topological polar surface area (TPSA) is 85.4 Å². The SMILES string of the molecule is Cc1ccc(NC(=O)N(CCO)Cc2cc3cc(C)cc(C)c3[nH]c2=O)cc1. The van der Waals surface area contributed by atoms with E-state index in [1.54, 1.807) is 0 Å². The van der Waals surface area contributed by atoms with Gasteiger partial charge in [-0.15, -0.1) is 0 Å². The van der Waals surface area contributed by atoms with Gasteiger partial charge in [-0.2, -0.15) is 0 Å². The van der Waals surface area contributed by atoms with Gasteiger partial charge in [0.25, 0.3) is 5.56 Å². The molecule has 0 atom stereocenters. The van der Waals surface area contributed by atoms with Gasteiger partial charge in [-0.05, 0) is 56.0 Å². The Morgan fingerprint density at radius 2 is 1.79 bits per heavy atom. The summed E-state index contributed by atoms with van der Waals surface area (Å²) >= 11 is 0. The molecule has 0 aliphatic rings. The molecule has 0 aliphatic heterocycles. The maximum absolute atomic E-state index is 12.7. The second-order valence-electron chi connectivity index (χ2n) is 7.11. The van der Waals surface area contributed by atoms with E-state index in [9.17, 15) is 14.7 Å². The number of benzene rings is 2. The molecule has 2 amide bonds. The third kappa shape index (κ3) is 4.40. The molecule has 0 unspecified atom stereocenters. The smallest absolute Gasteiger partial charge is 0.322 e. The van der Waals surface area contributed by atoms with Gasteiger partial charge in [0.2, 0.25) is 0 Å². The first kappa shape index (κ1) is 19.6. The van der Waals surface area contributed by atoms with E-state index in [-0.39, 0.29) is 31.3 Å². The van der Waals surface area contributed by atoms with Crippen molar-refractivity contribution in [1.29, 1.82) is 0 Å². The summed E-state index contributed by atoms with van der Waals surface area (Å²) in [7, 11) is 0. The van der Waals surface area contributed by atoms with Gasteiger partial charge in [0.1, 0.15) is 0 Å². The standard InChI is InChI=1S/C22H25N3O3/c1-14-4-6-19(7-5-14)23-22(28)25(8-9-26)13-18-12-17-11-15(2)10-16(3)20(17)24-21(18)27/h4-7,10-12,26H,8-9,13H2,1-3H3,(H,23,28)(H,24,27). The van der Waals surface area contributed by atoms with Crippen LogP contribution in [0, 0.1) is 20.8 Å². The lowest BCUT2D eigenvalue weighted by Gasteiger charge is -2.22. The molecule has 0 spiro atoms. The quantitative estimate of drug-likeness (QED) is 0.634. The van der Waals surface area contributed by atoms with Crippen molar-refractivity contribution in [1.82, 2.24) is 9.88 Å². The molecule has 6 nitrogen and oxygen atoms in total. The molecule has 28 heavy (non-hydrogen) atoms. The van der Waals surface area contributed by atoms with Crippen LogP contribution in [-0.4, -0.2) is 34.2 Å². The van der Waals surface area contributed by atoms with Crippen LogP contribution in [0.5, 0.6) is 0 Å². The Morgan fingerprint density at radius 3 is 2.46 bits per heavy atom. The molecule has 0 radical (unpaired) electrons. The summed E-state index contributed by atoms with van der Waals surface area (Å²) in [6.07, 6.45) is 0. The van der Waals surface area contributed by atoms with E-state index >= 15 is 0 Å². The zero-order chi connectivity index (χ0) is 20.3. The number of amides is 2. The molecule has 0 bridgehead atoms. The van der Waals surface area contributed by atoms with Crippen molar-refractivity contribution in [2.45, 2.75) is 27.3 Å². The Labute approximate surface area is 163 Å². The number of nitrogens with one attached hydrogen (secondary N) is 2. The van der Waals surface area contributed by atoms with Crippen molar-refractivity contribution >= 4 is 22.6 Å². The number of fused-ring (bicyclic) bond motifs is 1. The number of aliphatic hydroxyl groups is 1. The fraction of sp³-hybridized carbons (Fsp3) is 0.273. The molecule has 1 aromatic heterocycles. The summed E-state index contributed by atoms with van der Waals surface area (Å²) in [4.78, 5) is 29.6. The molecule has 1 heterocycles. The number of nitrogens with zero attached hydrogens (tertiary/aromatic N) is 1. The van der Waals surface area contributed by atoms with Crippen molar-refractivity contribution in [2.24, 2.45) is 0 Å². The van der Waals surface area contributed by atoms with Gasteiger partial charge in [-0.1, -0.05) is 29.3 Å². The third-order valence-corrected chi connectivity index (χ3v) is 4.69. The maximum Gasteiger partial charge on any atom is 0.322 e. The van der Waals surface area contributed by atoms with Crippen LogP contribution in [0.4, 0.5) is 10.5 Å². The number of rotatable bonds is 5. The van der Waals surface area contributed by atoms with E-state index in [0.29, 0.717) is 11.3 Å². The summed E-state index contributed by atoms with van der Waals surface area (Å²) in [5.74, 6) is 0. The number of anilines is 1. The summed E-state index contributed by atoms with van der Waals surface area (Å²) in [5.41, 5.74) is 4.92. The molecular weight excluding hydrogens is 354 g/mol. The minimum atomic E-state index is -0.363. The normalized spacial score (nSPS) is 10.9. The highest BCUT2D eigenvalue weighted by Crippen LogP contribution is 2.19. The number of aryl methyl sites for hydroxylation is 3. The van der Waals surface area contributed by atoms with Gasteiger partial charge in [-0.3, -0.25) is 4.79 Å². The number of aromatic amines is 1. The fourth-order valence-electron chi connectivity index (χ4n) is 3.27. The molecule has 146 valence electrons. The number of pyridine rings is 1. The second-order valence-corrected chi connectivity index (χ2v) is 7.11. The average molecular weight is 379 g/mol. The van der Waals surface area contributed by atoms with Crippen LogP contribution in [0.1, 0.15) is 22.3 Å². The molecule has 0 saturated heterocycles. The van der Waals surface area contributed by atoms with Gasteiger partial charge in [0, 0.05) is 17.8 Å². The summed E-state index contributed by atoms with van der Waals surface area (Å²) < 4.78 is 0. The first-order valence-electron chi connectivity index (χ1n) is 9.24. The predicted molar refractivity (Wildman–Crippen MR) is 112 cm³/mol. The van der Waals surface area contributed by atoms with E-state index in [1.165, 1.54) is 4.90 Å². The largest absolute Gasteiger partial charge is 0.395 e. The lowest BCUT2D eigenvalue weighted by atomic mass is 10.1. The van der Waals surface area contributed by atoms with Gasteiger partial charge < -0.3 is 20.3 Å². The number of hydrogen-bond donors (Lipinski definition) is 3. The first-order valence-corrected chi connectivity index (χ1v) is 9.24. The van der Waals surface area contributed by atoms with Crippen LogP contribution in [-0.2, 0) is 6.54 Å². The van der Waals surface area contributed by atoms with Crippen molar-refractivity contribution in [3.63, 3.8) is 0 Å². The molecule has 3 rings (SSSR count). The van der Waals surface area contributed by atoms with Gasteiger partial charge >= 0.3 is 6.03 Å². The van der Waals surface area contributed by atoms with E-state index in [2.05, 4.69) is 10.3 Å². The van der Waals surface area contributed by atoms with Gasteiger partial charge in [0.15, 0.2) is 0 Å². The highest BCUT2D eigenvalue weighted by Gasteiger charge is 2.16. The maximum atomic E-state index is 12.7.